The van der Waals surface area contributed by atoms with Gasteiger partial charge in [0.15, 0.2) is 0 Å². The van der Waals surface area contributed by atoms with Crippen molar-refractivity contribution in [3.8, 4) is 0 Å². The molecule has 3 rings (SSSR count). The zero-order chi connectivity index (χ0) is 16.3. The molecule has 4 nitrogen and oxygen atoms in total. The first-order chi connectivity index (χ1) is 10.1. The van der Waals surface area contributed by atoms with Gasteiger partial charge in [0, 0.05) is 13.5 Å². The van der Waals surface area contributed by atoms with Gasteiger partial charge in [-0.15, -0.1) is 0 Å². The van der Waals surface area contributed by atoms with Crippen molar-refractivity contribution in [2.24, 2.45) is 0 Å². The Kier molecular flexibility index (Phi) is 3.59. The van der Waals surface area contributed by atoms with E-state index in [-0.39, 0.29) is 17.1 Å². The van der Waals surface area contributed by atoms with E-state index >= 15 is 0 Å². The number of benzene rings is 1. The van der Waals surface area contributed by atoms with E-state index in [9.17, 15) is 4.79 Å². The van der Waals surface area contributed by atoms with Crippen LogP contribution in [-0.4, -0.2) is 31.3 Å². The third-order valence-corrected chi connectivity index (χ3v) is 5.30. The van der Waals surface area contributed by atoms with Gasteiger partial charge in [-0.3, -0.25) is 4.79 Å². The van der Waals surface area contributed by atoms with Crippen LogP contribution >= 0.6 is 11.6 Å². The minimum Gasteiger partial charge on any atom is -0.399 e. The van der Waals surface area contributed by atoms with E-state index in [1.807, 2.05) is 39.8 Å². The fraction of sp³-hybridized carbons (Fsp3) is 0.562. The molecule has 2 aliphatic rings. The molecule has 0 radical (unpaired) electrons. The molecule has 2 aliphatic heterocycles. The Morgan fingerprint density at radius 2 is 1.73 bits per heavy atom. The molecule has 0 spiro atoms. The number of rotatable bonds is 1. The summed E-state index contributed by atoms with van der Waals surface area (Å²) in [5.41, 5.74) is 2.02. The number of fused-ring (bicyclic) bond motifs is 1. The highest BCUT2D eigenvalue weighted by molar-refractivity contribution is 6.62. The Hall–Kier alpha value is -1.04. The first-order valence-corrected chi connectivity index (χ1v) is 7.95. The van der Waals surface area contributed by atoms with Crippen molar-refractivity contribution in [1.29, 1.82) is 0 Å². The average molecular weight is 322 g/mol. The number of amides is 1. The number of carbonyl (C=O) groups is 1. The lowest BCUT2D eigenvalue weighted by atomic mass is 9.77. The van der Waals surface area contributed by atoms with E-state index in [1.165, 1.54) is 0 Å². The van der Waals surface area contributed by atoms with Gasteiger partial charge in [0.2, 0.25) is 5.91 Å². The van der Waals surface area contributed by atoms with Crippen molar-refractivity contribution in [3.05, 3.63) is 22.7 Å². The third-order valence-electron chi connectivity index (χ3n) is 5.01. The monoisotopic (exact) mass is 321 g/mol. The van der Waals surface area contributed by atoms with E-state index < -0.39 is 7.12 Å². The molecule has 2 heterocycles. The van der Waals surface area contributed by atoms with Crippen molar-refractivity contribution < 1.29 is 14.1 Å². The standard InChI is InChI=1S/C16H21BClNO3/c1-15(2)16(3,4)22-17(21-15)11-8-10-6-7-13(20)19(5)14(10)12(18)9-11/h8-9H,6-7H2,1-5H3. The summed E-state index contributed by atoms with van der Waals surface area (Å²) in [5, 5.41) is 0.567. The molecule has 6 heteroatoms. The van der Waals surface area contributed by atoms with Gasteiger partial charge in [-0.1, -0.05) is 17.7 Å². The van der Waals surface area contributed by atoms with E-state index in [0.29, 0.717) is 17.9 Å². The lowest BCUT2D eigenvalue weighted by molar-refractivity contribution is -0.118. The summed E-state index contributed by atoms with van der Waals surface area (Å²) in [6.45, 7) is 8.11. The number of hydrogen-bond acceptors (Lipinski definition) is 3. The van der Waals surface area contributed by atoms with Crippen LogP contribution in [0.25, 0.3) is 0 Å². The normalized spacial score (nSPS) is 22.9. The Morgan fingerprint density at radius 3 is 2.32 bits per heavy atom. The van der Waals surface area contributed by atoms with Crippen LogP contribution in [0.5, 0.6) is 0 Å². The van der Waals surface area contributed by atoms with Crippen LogP contribution in [0.1, 0.15) is 39.7 Å². The zero-order valence-electron chi connectivity index (χ0n) is 13.7. The smallest absolute Gasteiger partial charge is 0.399 e. The summed E-state index contributed by atoms with van der Waals surface area (Å²) in [6.07, 6.45) is 1.21. The van der Waals surface area contributed by atoms with Crippen LogP contribution in [0.15, 0.2) is 12.1 Å². The molecular formula is C16H21BClNO3. The van der Waals surface area contributed by atoms with Crippen LogP contribution in [0, 0.1) is 0 Å². The summed E-state index contributed by atoms with van der Waals surface area (Å²) in [6, 6.07) is 3.89. The van der Waals surface area contributed by atoms with Gasteiger partial charge in [0.25, 0.3) is 0 Å². The number of anilines is 1. The highest BCUT2D eigenvalue weighted by Crippen LogP contribution is 2.38. The fourth-order valence-electron chi connectivity index (χ4n) is 2.89. The molecule has 1 aromatic rings. The largest absolute Gasteiger partial charge is 0.494 e. The Balaban J connectivity index is 1.98. The van der Waals surface area contributed by atoms with Crippen molar-refractivity contribution in [1.82, 2.24) is 0 Å². The summed E-state index contributed by atoms with van der Waals surface area (Å²) >= 11 is 6.42. The fourth-order valence-corrected chi connectivity index (χ4v) is 3.27. The molecule has 1 amide bonds. The second-order valence-electron chi connectivity index (χ2n) is 7.05. The molecule has 118 valence electrons. The molecule has 0 saturated carbocycles. The molecular weight excluding hydrogens is 300 g/mol. The number of halogens is 1. The van der Waals surface area contributed by atoms with Crippen LogP contribution in [0.4, 0.5) is 5.69 Å². The minimum absolute atomic E-state index is 0.0952. The molecule has 0 unspecified atom stereocenters. The van der Waals surface area contributed by atoms with E-state index in [0.717, 1.165) is 16.7 Å². The highest BCUT2D eigenvalue weighted by atomic mass is 35.5. The predicted molar refractivity (Wildman–Crippen MR) is 88.9 cm³/mol. The van der Waals surface area contributed by atoms with Crippen molar-refractivity contribution in [2.75, 3.05) is 11.9 Å². The predicted octanol–water partition coefficient (Wildman–Crippen LogP) is 2.55. The SMILES string of the molecule is CN1C(=O)CCc2cc(B3OC(C)(C)C(C)(C)O3)cc(Cl)c21. The first kappa shape index (κ1) is 15.8. The number of carbonyl (C=O) groups excluding carboxylic acids is 1. The van der Waals surface area contributed by atoms with Gasteiger partial charge in [-0.2, -0.15) is 0 Å². The zero-order valence-corrected chi connectivity index (χ0v) is 14.5. The lowest BCUT2D eigenvalue weighted by Gasteiger charge is -2.32. The van der Waals surface area contributed by atoms with Crippen LogP contribution in [0.3, 0.4) is 0 Å². The number of nitrogens with zero attached hydrogens (tertiary/aromatic N) is 1. The van der Waals surface area contributed by atoms with Gasteiger partial charge in [0.05, 0.1) is 21.9 Å². The lowest BCUT2D eigenvalue weighted by Crippen LogP contribution is -2.41. The van der Waals surface area contributed by atoms with Crippen molar-refractivity contribution in [2.45, 2.75) is 51.7 Å². The van der Waals surface area contributed by atoms with Crippen molar-refractivity contribution in [3.63, 3.8) is 0 Å². The molecule has 0 aromatic heterocycles. The van der Waals surface area contributed by atoms with Crippen LogP contribution in [-0.2, 0) is 20.5 Å². The highest BCUT2D eigenvalue weighted by Gasteiger charge is 2.52. The summed E-state index contributed by atoms with van der Waals surface area (Å²) < 4.78 is 12.2. The van der Waals surface area contributed by atoms with Gasteiger partial charge in [-0.25, -0.2) is 0 Å². The van der Waals surface area contributed by atoms with E-state index in [1.54, 1.807) is 11.9 Å². The quantitative estimate of drug-likeness (QED) is 0.746. The maximum atomic E-state index is 11.8. The van der Waals surface area contributed by atoms with Gasteiger partial charge in [-0.05, 0) is 51.2 Å². The Bertz CT molecular complexity index is 629. The Labute approximate surface area is 136 Å². The van der Waals surface area contributed by atoms with Crippen LogP contribution < -0.4 is 10.4 Å². The molecule has 0 bridgehead atoms. The van der Waals surface area contributed by atoms with Crippen LogP contribution in [0.2, 0.25) is 5.02 Å². The summed E-state index contributed by atoms with van der Waals surface area (Å²) in [7, 11) is 1.33. The van der Waals surface area contributed by atoms with E-state index in [4.69, 9.17) is 20.9 Å². The van der Waals surface area contributed by atoms with Gasteiger partial charge in [0.1, 0.15) is 0 Å². The molecule has 0 N–H and O–H groups in total. The maximum Gasteiger partial charge on any atom is 0.494 e. The van der Waals surface area contributed by atoms with E-state index in [2.05, 4.69) is 0 Å². The molecule has 22 heavy (non-hydrogen) atoms. The molecule has 0 atom stereocenters. The minimum atomic E-state index is -0.435. The molecule has 1 saturated heterocycles. The second kappa shape index (κ2) is 4.98. The maximum absolute atomic E-state index is 11.8. The topological polar surface area (TPSA) is 38.8 Å². The number of hydrogen-bond donors (Lipinski definition) is 0. The molecule has 1 fully saturated rings. The molecule has 0 aliphatic carbocycles. The second-order valence-corrected chi connectivity index (χ2v) is 7.46. The Morgan fingerprint density at radius 1 is 1.14 bits per heavy atom. The summed E-state index contributed by atoms with van der Waals surface area (Å²) in [5.74, 6) is 0.0952. The first-order valence-electron chi connectivity index (χ1n) is 7.57. The summed E-state index contributed by atoms with van der Waals surface area (Å²) in [4.78, 5) is 13.5. The average Bonchev–Trinajstić information content (AvgIpc) is 2.62. The molecule has 1 aromatic carbocycles. The van der Waals surface area contributed by atoms with Gasteiger partial charge < -0.3 is 14.2 Å². The van der Waals surface area contributed by atoms with Crippen molar-refractivity contribution >= 4 is 35.8 Å². The number of aryl methyl sites for hydroxylation is 1. The third kappa shape index (κ3) is 2.36. The van der Waals surface area contributed by atoms with Gasteiger partial charge >= 0.3 is 7.12 Å².